The Labute approximate surface area is 110 Å². The lowest BCUT2D eigenvalue weighted by atomic mass is 9.87. The molecule has 2 nitrogen and oxygen atoms in total. The molecule has 0 aliphatic carbocycles. The first kappa shape index (κ1) is 11.5. The first-order valence-corrected chi connectivity index (χ1v) is 6.95. The summed E-state index contributed by atoms with van der Waals surface area (Å²) in [7, 11) is 0. The van der Waals surface area contributed by atoms with Gasteiger partial charge in [0.15, 0.2) is 5.78 Å². The fourth-order valence-electron chi connectivity index (χ4n) is 2.39. The Morgan fingerprint density at radius 2 is 2.22 bits per heavy atom. The van der Waals surface area contributed by atoms with Gasteiger partial charge in [0.2, 0.25) is 0 Å². The van der Waals surface area contributed by atoms with Crippen molar-refractivity contribution >= 4 is 17.1 Å². The summed E-state index contributed by atoms with van der Waals surface area (Å²) in [4.78, 5) is 13.7. The smallest absolute Gasteiger partial charge is 0.171 e. The summed E-state index contributed by atoms with van der Waals surface area (Å²) in [5.74, 6) is 1.02. The van der Waals surface area contributed by atoms with Crippen molar-refractivity contribution in [2.45, 2.75) is 19.3 Å². The third kappa shape index (κ3) is 1.95. The second kappa shape index (κ2) is 4.58. The molecule has 1 aromatic heterocycles. The highest BCUT2D eigenvalue weighted by atomic mass is 32.1. The van der Waals surface area contributed by atoms with Gasteiger partial charge in [0.1, 0.15) is 5.75 Å². The predicted molar refractivity (Wildman–Crippen MR) is 72.7 cm³/mol. The third-order valence-electron chi connectivity index (χ3n) is 3.29. The van der Waals surface area contributed by atoms with E-state index in [4.69, 9.17) is 4.74 Å². The third-order valence-corrected chi connectivity index (χ3v) is 4.15. The van der Waals surface area contributed by atoms with Crippen LogP contribution in [0.2, 0.25) is 0 Å². The van der Waals surface area contributed by atoms with E-state index >= 15 is 0 Å². The highest BCUT2D eigenvalue weighted by molar-refractivity contribution is 7.10. The van der Waals surface area contributed by atoms with E-state index in [1.54, 1.807) is 11.3 Å². The lowest BCUT2D eigenvalue weighted by Crippen LogP contribution is -2.21. The van der Waals surface area contributed by atoms with Gasteiger partial charge in [-0.1, -0.05) is 18.2 Å². The van der Waals surface area contributed by atoms with Crippen LogP contribution in [0.15, 0.2) is 35.7 Å². The number of para-hydroxylation sites is 1. The average Bonchev–Trinajstić information content (AvgIpc) is 2.84. The Morgan fingerprint density at radius 1 is 1.39 bits per heavy atom. The van der Waals surface area contributed by atoms with Crippen LogP contribution >= 0.6 is 11.3 Å². The van der Waals surface area contributed by atoms with E-state index in [9.17, 15) is 4.79 Å². The molecule has 0 radical (unpaired) electrons. The van der Waals surface area contributed by atoms with E-state index in [-0.39, 0.29) is 11.7 Å². The Balaban J connectivity index is 1.96. The number of benzene rings is 1. The van der Waals surface area contributed by atoms with E-state index in [0.29, 0.717) is 6.61 Å². The summed E-state index contributed by atoms with van der Waals surface area (Å²) in [5, 5.41) is 1.95. The van der Waals surface area contributed by atoms with Crippen LogP contribution in [0.4, 0.5) is 0 Å². The van der Waals surface area contributed by atoms with E-state index in [1.807, 2.05) is 42.6 Å². The first-order valence-electron chi connectivity index (χ1n) is 6.07. The van der Waals surface area contributed by atoms with Gasteiger partial charge in [-0.15, -0.1) is 11.3 Å². The largest absolute Gasteiger partial charge is 0.493 e. The second-order valence-electron chi connectivity index (χ2n) is 4.54. The molecule has 0 saturated heterocycles. The summed E-state index contributed by atoms with van der Waals surface area (Å²) in [5.41, 5.74) is 1.86. The molecule has 1 atom stereocenters. The summed E-state index contributed by atoms with van der Waals surface area (Å²) in [6, 6.07) is 9.82. The zero-order valence-corrected chi connectivity index (χ0v) is 11.0. The zero-order chi connectivity index (χ0) is 12.5. The highest BCUT2D eigenvalue weighted by Gasteiger charge is 2.28. The number of aryl methyl sites for hydroxylation is 1. The number of Topliss-reactive ketones (excluding diaryl/α,β-unsaturated/α-hetero) is 1. The fourth-order valence-corrected chi connectivity index (χ4v) is 3.08. The monoisotopic (exact) mass is 258 g/mol. The van der Waals surface area contributed by atoms with Gasteiger partial charge < -0.3 is 4.74 Å². The van der Waals surface area contributed by atoms with Crippen molar-refractivity contribution in [2.24, 2.45) is 0 Å². The van der Waals surface area contributed by atoms with Crippen molar-refractivity contribution in [1.29, 1.82) is 0 Å². The quantitative estimate of drug-likeness (QED) is 0.766. The lowest BCUT2D eigenvalue weighted by Gasteiger charge is -2.24. The number of carbonyl (C=O) groups is 1. The number of fused-ring (bicyclic) bond motifs is 1. The summed E-state index contributed by atoms with van der Waals surface area (Å²) < 4.78 is 5.60. The van der Waals surface area contributed by atoms with Crippen LogP contribution in [0.3, 0.4) is 0 Å². The van der Waals surface area contributed by atoms with Gasteiger partial charge in [-0.2, -0.15) is 0 Å². The van der Waals surface area contributed by atoms with Gasteiger partial charge in [-0.25, -0.2) is 0 Å². The van der Waals surface area contributed by atoms with Crippen LogP contribution in [0, 0.1) is 6.92 Å². The minimum atomic E-state index is -0.0519. The SMILES string of the molecule is Cc1cc(C(=O)C2CCOc3ccccc32)cs1. The molecule has 0 saturated carbocycles. The Morgan fingerprint density at radius 3 is 3.00 bits per heavy atom. The summed E-state index contributed by atoms with van der Waals surface area (Å²) in [6.45, 7) is 2.65. The standard InChI is InChI=1S/C15H14O2S/c1-10-8-11(9-18-10)15(16)13-6-7-17-14-5-3-2-4-12(13)14/h2-5,8-9,13H,6-7H2,1H3. The number of ketones is 1. The van der Waals surface area contributed by atoms with E-state index in [1.165, 1.54) is 4.88 Å². The molecular formula is C15H14O2S. The number of hydrogen-bond acceptors (Lipinski definition) is 3. The van der Waals surface area contributed by atoms with Crippen molar-refractivity contribution in [2.75, 3.05) is 6.61 Å². The molecule has 0 spiro atoms. The molecule has 1 aliphatic heterocycles. The topological polar surface area (TPSA) is 26.3 Å². The molecule has 2 aromatic rings. The van der Waals surface area contributed by atoms with Crippen molar-refractivity contribution < 1.29 is 9.53 Å². The fraction of sp³-hybridized carbons (Fsp3) is 0.267. The molecule has 92 valence electrons. The van der Waals surface area contributed by atoms with Crippen LogP contribution < -0.4 is 4.74 Å². The number of rotatable bonds is 2. The van der Waals surface area contributed by atoms with Gasteiger partial charge in [-0.05, 0) is 25.5 Å². The maximum absolute atomic E-state index is 12.5. The molecule has 0 amide bonds. The lowest BCUT2D eigenvalue weighted by molar-refractivity contribution is 0.0933. The normalized spacial score (nSPS) is 17.9. The Hall–Kier alpha value is -1.61. The van der Waals surface area contributed by atoms with Gasteiger partial charge >= 0.3 is 0 Å². The number of carbonyl (C=O) groups excluding carboxylic acids is 1. The summed E-state index contributed by atoms with van der Waals surface area (Å²) >= 11 is 1.63. The van der Waals surface area contributed by atoms with Gasteiger partial charge in [0, 0.05) is 21.4 Å². The molecule has 0 bridgehead atoms. The number of ether oxygens (including phenoxy) is 1. The van der Waals surface area contributed by atoms with Crippen molar-refractivity contribution in [3.63, 3.8) is 0 Å². The van der Waals surface area contributed by atoms with Gasteiger partial charge in [-0.3, -0.25) is 4.79 Å². The number of thiophene rings is 1. The Bertz CT molecular complexity index is 586. The van der Waals surface area contributed by atoms with Crippen LogP contribution in [-0.2, 0) is 0 Å². The average molecular weight is 258 g/mol. The minimum absolute atomic E-state index is 0.0519. The van der Waals surface area contributed by atoms with Crippen molar-refractivity contribution in [3.8, 4) is 5.75 Å². The predicted octanol–water partition coefficient (Wildman–Crippen LogP) is 3.81. The van der Waals surface area contributed by atoms with Gasteiger partial charge in [0.05, 0.1) is 12.5 Å². The molecule has 1 aromatic carbocycles. The van der Waals surface area contributed by atoms with E-state index < -0.39 is 0 Å². The molecule has 0 fully saturated rings. The molecule has 18 heavy (non-hydrogen) atoms. The van der Waals surface area contributed by atoms with Crippen LogP contribution in [0.25, 0.3) is 0 Å². The molecule has 1 unspecified atom stereocenters. The molecule has 3 rings (SSSR count). The second-order valence-corrected chi connectivity index (χ2v) is 5.65. The highest BCUT2D eigenvalue weighted by Crippen LogP contribution is 2.36. The molecular weight excluding hydrogens is 244 g/mol. The number of hydrogen-bond donors (Lipinski definition) is 0. The van der Waals surface area contributed by atoms with E-state index in [0.717, 1.165) is 23.3 Å². The van der Waals surface area contributed by atoms with Crippen molar-refractivity contribution in [3.05, 3.63) is 51.7 Å². The maximum Gasteiger partial charge on any atom is 0.171 e. The van der Waals surface area contributed by atoms with Crippen molar-refractivity contribution in [1.82, 2.24) is 0 Å². The molecule has 0 N–H and O–H groups in total. The minimum Gasteiger partial charge on any atom is -0.493 e. The van der Waals surface area contributed by atoms with Crippen LogP contribution in [-0.4, -0.2) is 12.4 Å². The van der Waals surface area contributed by atoms with Crippen LogP contribution in [0.1, 0.15) is 33.1 Å². The molecule has 3 heteroatoms. The van der Waals surface area contributed by atoms with E-state index in [2.05, 4.69) is 0 Å². The molecule has 1 aliphatic rings. The molecule has 2 heterocycles. The zero-order valence-electron chi connectivity index (χ0n) is 10.2. The van der Waals surface area contributed by atoms with Crippen LogP contribution in [0.5, 0.6) is 5.75 Å². The summed E-state index contributed by atoms with van der Waals surface area (Å²) in [6.07, 6.45) is 0.769. The Kier molecular flexibility index (Phi) is 2.92. The van der Waals surface area contributed by atoms with Gasteiger partial charge in [0.25, 0.3) is 0 Å². The maximum atomic E-state index is 12.5. The first-order chi connectivity index (χ1) is 8.75.